The van der Waals surface area contributed by atoms with Crippen LogP contribution in [0.5, 0.6) is 0 Å². The Balaban J connectivity index is 1.57. The second-order valence-corrected chi connectivity index (χ2v) is 6.85. The van der Waals surface area contributed by atoms with Crippen molar-refractivity contribution in [3.05, 3.63) is 35.9 Å². The second-order valence-electron chi connectivity index (χ2n) is 6.85. The van der Waals surface area contributed by atoms with Crippen LogP contribution >= 0.6 is 0 Å². The summed E-state index contributed by atoms with van der Waals surface area (Å²) in [6, 6.07) is 9.76. The maximum atomic E-state index is 12.5. The predicted octanol–water partition coefficient (Wildman–Crippen LogP) is 3.26. The molecule has 114 valence electrons. The molecule has 2 fully saturated rings. The van der Waals surface area contributed by atoms with Gasteiger partial charge in [-0.25, -0.2) is 0 Å². The van der Waals surface area contributed by atoms with E-state index < -0.39 is 0 Å². The van der Waals surface area contributed by atoms with Crippen LogP contribution in [0.25, 0.3) is 0 Å². The standard InChI is InChI=1S/C18H26N2O/c19-16(15-7-3-1-4-8-15)13-17(21)20-12-11-18(14-20)9-5-2-6-10-18/h1,3-4,7-8,16H,2,5-6,9-14,19H2. The number of likely N-dealkylation sites (tertiary alicyclic amines) is 1. The number of amides is 1. The Morgan fingerprint density at radius 2 is 1.86 bits per heavy atom. The van der Waals surface area contributed by atoms with Crippen LogP contribution in [0.15, 0.2) is 30.3 Å². The van der Waals surface area contributed by atoms with Crippen molar-refractivity contribution in [1.29, 1.82) is 0 Å². The minimum Gasteiger partial charge on any atom is -0.342 e. The number of nitrogens with zero attached hydrogens (tertiary/aromatic N) is 1. The highest BCUT2D eigenvalue weighted by Crippen LogP contribution is 2.43. The van der Waals surface area contributed by atoms with E-state index >= 15 is 0 Å². The highest BCUT2D eigenvalue weighted by molar-refractivity contribution is 5.77. The van der Waals surface area contributed by atoms with Crippen LogP contribution < -0.4 is 5.73 Å². The molecule has 1 spiro atoms. The summed E-state index contributed by atoms with van der Waals surface area (Å²) in [4.78, 5) is 14.6. The predicted molar refractivity (Wildman–Crippen MR) is 84.7 cm³/mol. The molecule has 0 bridgehead atoms. The number of nitrogens with two attached hydrogens (primary N) is 1. The van der Waals surface area contributed by atoms with E-state index in [0.29, 0.717) is 11.8 Å². The van der Waals surface area contributed by atoms with E-state index in [4.69, 9.17) is 5.73 Å². The molecule has 1 amide bonds. The Morgan fingerprint density at radius 3 is 2.57 bits per heavy atom. The van der Waals surface area contributed by atoms with Gasteiger partial charge in [0.05, 0.1) is 0 Å². The molecule has 1 saturated heterocycles. The first-order chi connectivity index (χ1) is 10.2. The third kappa shape index (κ3) is 3.29. The van der Waals surface area contributed by atoms with E-state index in [0.717, 1.165) is 18.7 Å². The average Bonchev–Trinajstić information content (AvgIpc) is 2.92. The molecule has 1 atom stereocenters. The number of hydrogen-bond donors (Lipinski definition) is 1. The zero-order valence-electron chi connectivity index (χ0n) is 12.8. The van der Waals surface area contributed by atoms with Crippen molar-refractivity contribution < 1.29 is 4.79 Å². The van der Waals surface area contributed by atoms with Gasteiger partial charge in [0, 0.05) is 25.6 Å². The van der Waals surface area contributed by atoms with Gasteiger partial charge in [-0.3, -0.25) is 4.79 Å². The van der Waals surface area contributed by atoms with Gasteiger partial charge in [0.1, 0.15) is 0 Å². The SMILES string of the molecule is NC(CC(=O)N1CCC2(CCCCC2)C1)c1ccccc1. The highest BCUT2D eigenvalue weighted by atomic mass is 16.2. The Kier molecular flexibility index (Phi) is 4.29. The van der Waals surface area contributed by atoms with Gasteiger partial charge in [0.2, 0.25) is 5.91 Å². The van der Waals surface area contributed by atoms with E-state index in [1.165, 1.54) is 38.5 Å². The normalized spacial score (nSPS) is 22.4. The Morgan fingerprint density at radius 1 is 1.14 bits per heavy atom. The van der Waals surface area contributed by atoms with Crippen molar-refractivity contribution in [2.45, 2.75) is 51.0 Å². The topological polar surface area (TPSA) is 46.3 Å². The molecule has 1 unspecified atom stereocenters. The van der Waals surface area contributed by atoms with Crippen molar-refractivity contribution in [3.8, 4) is 0 Å². The van der Waals surface area contributed by atoms with E-state index in [2.05, 4.69) is 4.90 Å². The third-order valence-corrected chi connectivity index (χ3v) is 5.33. The molecule has 3 heteroatoms. The number of rotatable bonds is 3. The number of carbonyl (C=O) groups is 1. The number of hydrogen-bond acceptors (Lipinski definition) is 2. The lowest BCUT2D eigenvalue weighted by Gasteiger charge is -2.33. The Labute approximate surface area is 127 Å². The van der Waals surface area contributed by atoms with Gasteiger partial charge in [-0.2, -0.15) is 0 Å². The monoisotopic (exact) mass is 286 g/mol. The summed E-state index contributed by atoms with van der Waals surface area (Å²) in [6.45, 7) is 1.90. The zero-order valence-corrected chi connectivity index (χ0v) is 12.8. The summed E-state index contributed by atoms with van der Waals surface area (Å²) in [5.41, 5.74) is 7.67. The van der Waals surface area contributed by atoms with Crippen LogP contribution in [0.3, 0.4) is 0 Å². The molecule has 3 nitrogen and oxygen atoms in total. The lowest BCUT2D eigenvalue weighted by atomic mass is 9.73. The lowest BCUT2D eigenvalue weighted by molar-refractivity contribution is -0.131. The molecule has 21 heavy (non-hydrogen) atoms. The zero-order chi connectivity index (χ0) is 14.7. The molecule has 0 radical (unpaired) electrons. The maximum Gasteiger partial charge on any atom is 0.224 e. The summed E-state index contributed by atoms with van der Waals surface area (Å²) in [5.74, 6) is 0.230. The molecular formula is C18H26N2O. The third-order valence-electron chi connectivity index (χ3n) is 5.33. The quantitative estimate of drug-likeness (QED) is 0.927. The van der Waals surface area contributed by atoms with Crippen LogP contribution in [0.2, 0.25) is 0 Å². The van der Waals surface area contributed by atoms with Crippen molar-refractivity contribution >= 4 is 5.91 Å². The minimum atomic E-state index is -0.179. The molecule has 2 N–H and O–H groups in total. The van der Waals surface area contributed by atoms with Crippen molar-refractivity contribution in [3.63, 3.8) is 0 Å². The first-order valence-corrected chi connectivity index (χ1v) is 8.27. The first kappa shape index (κ1) is 14.6. The van der Waals surface area contributed by atoms with Crippen LogP contribution in [0, 0.1) is 5.41 Å². The number of benzene rings is 1. The van der Waals surface area contributed by atoms with Crippen LogP contribution in [-0.2, 0) is 4.79 Å². The van der Waals surface area contributed by atoms with E-state index in [1.54, 1.807) is 0 Å². The summed E-state index contributed by atoms with van der Waals surface area (Å²) >= 11 is 0. The van der Waals surface area contributed by atoms with Gasteiger partial charge in [-0.15, -0.1) is 0 Å². The molecule has 1 aliphatic carbocycles. The van der Waals surface area contributed by atoms with Gasteiger partial charge in [-0.1, -0.05) is 49.6 Å². The smallest absolute Gasteiger partial charge is 0.224 e. The fraction of sp³-hybridized carbons (Fsp3) is 0.611. The second kappa shape index (κ2) is 6.18. The average molecular weight is 286 g/mol. The van der Waals surface area contributed by atoms with Crippen molar-refractivity contribution in [1.82, 2.24) is 4.90 Å². The molecular weight excluding hydrogens is 260 g/mol. The van der Waals surface area contributed by atoms with E-state index in [-0.39, 0.29) is 11.9 Å². The van der Waals surface area contributed by atoms with Crippen LogP contribution in [0.4, 0.5) is 0 Å². The van der Waals surface area contributed by atoms with Gasteiger partial charge < -0.3 is 10.6 Å². The maximum absolute atomic E-state index is 12.5. The molecule has 1 aromatic rings. The minimum absolute atomic E-state index is 0.179. The van der Waals surface area contributed by atoms with E-state index in [9.17, 15) is 4.79 Å². The lowest BCUT2D eigenvalue weighted by Crippen LogP contribution is -2.34. The van der Waals surface area contributed by atoms with Gasteiger partial charge in [0.25, 0.3) is 0 Å². The molecule has 1 saturated carbocycles. The molecule has 2 aliphatic rings. The molecule has 1 heterocycles. The summed E-state index contributed by atoms with van der Waals surface area (Å²) in [5, 5.41) is 0. The van der Waals surface area contributed by atoms with Gasteiger partial charge in [0.15, 0.2) is 0 Å². The molecule has 1 aromatic carbocycles. The van der Waals surface area contributed by atoms with Crippen molar-refractivity contribution in [2.24, 2.45) is 11.1 Å². The molecule has 3 rings (SSSR count). The van der Waals surface area contributed by atoms with Gasteiger partial charge in [-0.05, 0) is 30.2 Å². The largest absolute Gasteiger partial charge is 0.342 e. The summed E-state index contributed by atoms with van der Waals surface area (Å²) in [6.07, 6.45) is 8.29. The fourth-order valence-corrected chi connectivity index (χ4v) is 3.99. The first-order valence-electron chi connectivity index (χ1n) is 8.27. The summed E-state index contributed by atoms with van der Waals surface area (Å²) in [7, 11) is 0. The van der Waals surface area contributed by atoms with Crippen LogP contribution in [-0.4, -0.2) is 23.9 Å². The van der Waals surface area contributed by atoms with Gasteiger partial charge >= 0.3 is 0 Å². The Hall–Kier alpha value is -1.35. The Bertz CT molecular complexity index is 479. The fourth-order valence-electron chi connectivity index (χ4n) is 3.99. The highest BCUT2D eigenvalue weighted by Gasteiger charge is 2.40. The number of carbonyl (C=O) groups excluding carboxylic acids is 1. The summed E-state index contributed by atoms with van der Waals surface area (Å²) < 4.78 is 0. The van der Waals surface area contributed by atoms with Crippen molar-refractivity contribution in [2.75, 3.05) is 13.1 Å². The molecule has 1 aliphatic heterocycles. The van der Waals surface area contributed by atoms with E-state index in [1.807, 2.05) is 30.3 Å². The molecule has 0 aromatic heterocycles. The van der Waals surface area contributed by atoms with Crippen LogP contribution in [0.1, 0.15) is 56.6 Å².